The van der Waals surface area contributed by atoms with Gasteiger partial charge in [-0.25, -0.2) is 29.9 Å². The summed E-state index contributed by atoms with van der Waals surface area (Å²) in [5.74, 6) is -3.84. The van der Waals surface area contributed by atoms with E-state index >= 15 is 0 Å². The molecule has 0 aliphatic rings. The molecular formula is C41H35N6O10S3Tb+2. The monoisotopic (exact) mass is 1030 g/mol. The third kappa shape index (κ3) is 13.4. The van der Waals surface area contributed by atoms with Gasteiger partial charge in [0.25, 0.3) is 0 Å². The van der Waals surface area contributed by atoms with E-state index in [0.717, 1.165) is 30.6 Å². The van der Waals surface area contributed by atoms with E-state index in [9.17, 15) is 29.7 Å². The number of nitrogens with zero attached hydrogens (tertiary/aromatic N) is 6. The zero-order valence-electron chi connectivity index (χ0n) is 31.6. The maximum atomic E-state index is 10.8. The fourth-order valence-corrected chi connectivity index (χ4v) is 7.75. The summed E-state index contributed by atoms with van der Waals surface area (Å²) in [6, 6.07) is 37.6. The van der Waals surface area contributed by atoms with Gasteiger partial charge >= 0.3 is 38.6 Å². The second kappa shape index (κ2) is 24.5. The van der Waals surface area contributed by atoms with Gasteiger partial charge in [-0.05, 0) is 79.7 Å². The summed E-state index contributed by atoms with van der Waals surface area (Å²) in [5, 5.41) is 42.0. The van der Waals surface area contributed by atoms with Crippen molar-refractivity contribution >= 4 is 82.6 Å². The molecule has 0 bridgehead atoms. The van der Waals surface area contributed by atoms with Crippen LogP contribution in [0.5, 0.6) is 0 Å². The van der Waals surface area contributed by atoms with Crippen molar-refractivity contribution in [3.05, 3.63) is 144 Å². The van der Waals surface area contributed by atoms with E-state index in [1.54, 1.807) is 43.3 Å². The number of fused-ring (bicyclic) bond motifs is 3. The van der Waals surface area contributed by atoms with E-state index in [1.807, 2.05) is 72.8 Å². The zero-order valence-corrected chi connectivity index (χ0v) is 36.2. The van der Waals surface area contributed by atoms with Crippen LogP contribution in [-0.2, 0) is 11.0 Å². The number of aliphatic hydroxyl groups excluding tert-OH is 1. The normalized spacial score (nSPS) is 9.74. The number of rotatable bonds is 6. The van der Waals surface area contributed by atoms with Crippen molar-refractivity contribution in [3.63, 3.8) is 0 Å². The minimum atomic E-state index is -1.28. The number of benzene rings is 3. The summed E-state index contributed by atoms with van der Waals surface area (Å²) in [6.07, 6.45) is 0. The Bertz CT molecular complexity index is 2450. The van der Waals surface area contributed by atoms with Gasteiger partial charge in [-0.1, -0.05) is 54.6 Å². The van der Waals surface area contributed by atoms with Gasteiger partial charge in [0.05, 0.1) is 82.7 Å². The summed E-state index contributed by atoms with van der Waals surface area (Å²) in [7, 11) is 0. The Labute approximate surface area is 389 Å². The second-order valence-electron chi connectivity index (χ2n) is 11.4. The van der Waals surface area contributed by atoms with Crippen molar-refractivity contribution in [3.8, 4) is 32.1 Å². The Morgan fingerprint density at radius 3 is 0.934 bits per heavy atom. The molecule has 9 rings (SSSR count). The van der Waals surface area contributed by atoms with Crippen molar-refractivity contribution in [2.75, 3.05) is 6.61 Å². The molecule has 0 saturated carbocycles. The van der Waals surface area contributed by atoms with Crippen molar-refractivity contribution in [2.24, 2.45) is 0 Å². The first-order valence-electron chi connectivity index (χ1n) is 16.9. The molecule has 9 aromatic rings. The van der Waals surface area contributed by atoms with Crippen LogP contribution in [0.25, 0.3) is 62.8 Å². The van der Waals surface area contributed by atoms with E-state index in [2.05, 4.69) is 29.9 Å². The predicted molar refractivity (Wildman–Crippen MR) is 228 cm³/mol. The Kier molecular flexibility index (Phi) is 20.7. The third-order valence-electron chi connectivity index (χ3n) is 7.41. The van der Waals surface area contributed by atoms with Crippen LogP contribution in [0.4, 0.5) is 0 Å². The van der Waals surface area contributed by atoms with Gasteiger partial charge in [0.15, 0.2) is 0 Å². The topological polar surface area (TPSA) is 315 Å². The van der Waals surface area contributed by atoms with Crippen LogP contribution in [0, 0.1) is 38.6 Å². The molecule has 0 spiro atoms. The molecule has 0 fully saturated rings. The number of hydrogen-bond donors (Lipinski definition) is 1. The van der Waals surface area contributed by atoms with Crippen molar-refractivity contribution < 1.29 is 89.8 Å². The van der Waals surface area contributed by atoms with E-state index in [1.165, 1.54) is 52.2 Å². The number of thiazole rings is 3. The molecule has 314 valence electrons. The molecule has 0 atom stereocenters. The standard InChI is InChI=1S/3C13H8N2O2S.C2H6O.3H2O.Tb/c3*16-13(17)10-6-3-5-9(14-10)12-15-8-4-1-2-7-11(8)18-12;1-2-3;;;;/h3*1-7H,(H,16,17);3H,2H2,1H3;3*1H2;/q;;;;;;;+3/p-1. The maximum absolute atomic E-state index is 10.8. The van der Waals surface area contributed by atoms with Gasteiger partial charge in [-0.15, -0.1) is 34.0 Å². The third-order valence-corrected chi connectivity index (χ3v) is 10.6. The average Bonchev–Trinajstić information content (AvgIpc) is 3.99. The number of carboxylic acid groups (broad SMARTS) is 3. The summed E-state index contributed by atoms with van der Waals surface area (Å²) >= 11 is 4.45. The smallest absolute Gasteiger partial charge is 0.543 e. The summed E-state index contributed by atoms with van der Waals surface area (Å²) in [5.41, 5.74) is 4.09. The number of pyridine rings is 3. The largest absolute Gasteiger partial charge is 3.00 e. The minimum absolute atomic E-state index is 0. The molecule has 0 aliphatic carbocycles. The van der Waals surface area contributed by atoms with Gasteiger partial charge in [0.2, 0.25) is 0 Å². The zero-order chi connectivity index (χ0) is 40.3. The Balaban J connectivity index is 0.000000295. The van der Waals surface area contributed by atoms with Crippen LogP contribution in [0.3, 0.4) is 0 Å². The van der Waals surface area contributed by atoms with Crippen LogP contribution in [0.1, 0.15) is 38.4 Å². The quantitative estimate of drug-likeness (QED) is 0.234. The first kappa shape index (κ1) is 51.5. The van der Waals surface area contributed by atoms with Gasteiger partial charge in [0.1, 0.15) is 15.0 Å². The molecule has 0 amide bonds. The SMILES string of the molecule is CCO.O.O=C([O-])c1cccc(-c2nc3ccccc3s2)n1.O=C([O-])c1cccc(-c2nc3ccccc3s2)n1.O=C([O-])c1cccc(-c2nc3ccccc3s2)n1.[OH3+].[OH3+].[Tb+3]. The number of carboxylic acids is 3. The number of aliphatic hydroxyl groups is 1. The van der Waals surface area contributed by atoms with E-state index in [-0.39, 0.29) is 78.7 Å². The average molecular weight is 1030 g/mol. The fourth-order valence-electron chi connectivity index (χ4n) is 4.95. The second-order valence-corrected chi connectivity index (χ2v) is 14.5. The van der Waals surface area contributed by atoms with E-state index < -0.39 is 17.9 Å². The Morgan fingerprint density at radius 2 is 0.705 bits per heavy atom. The van der Waals surface area contributed by atoms with Crippen LogP contribution in [0.2, 0.25) is 0 Å². The van der Waals surface area contributed by atoms with Gasteiger partial charge < -0.3 is 51.2 Å². The van der Waals surface area contributed by atoms with E-state index in [0.29, 0.717) is 32.1 Å². The molecule has 0 saturated heterocycles. The Hall–Kier alpha value is -5.68. The van der Waals surface area contributed by atoms with Crippen molar-refractivity contribution in [2.45, 2.75) is 6.92 Å². The molecule has 0 aliphatic heterocycles. The van der Waals surface area contributed by atoms with Crippen LogP contribution in [-0.4, -0.2) is 65.0 Å². The van der Waals surface area contributed by atoms with Crippen LogP contribution >= 0.6 is 34.0 Å². The number of carbonyl (C=O) groups excluding carboxylic acids is 3. The molecule has 6 heterocycles. The predicted octanol–water partition coefficient (Wildman–Crippen LogP) is 2.50. The summed E-state index contributed by atoms with van der Waals surface area (Å²) in [6.45, 7) is 1.93. The molecule has 9 N–H and O–H groups in total. The fraction of sp³-hybridized carbons (Fsp3) is 0.0488. The van der Waals surface area contributed by atoms with Gasteiger partial charge in [-0.3, -0.25) is 0 Å². The van der Waals surface area contributed by atoms with Crippen molar-refractivity contribution in [1.82, 2.24) is 29.9 Å². The summed E-state index contributed by atoms with van der Waals surface area (Å²) in [4.78, 5) is 57.6. The molecule has 61 heavy (non-hydrogen) atoms. The molecule has 0 unspecified atom stereocenters. The van der Waals surface area contributed by atoms with Crippen LogP contribution in [0.15, 0.2) is 127 Å². The number of para-hydroxylation sites is 3. The number of carbonyl (C=O) groups is 3. The van der Waals surface area contributed by atoms with Crippen LogP contribution < -0.4 is 15.3 Å². The van der Waals surface area contributed by atoms with Crippen molar-refractivity contribution in [1.29, 1.82) is 0 Å². The van der Waals surface area contributed by atoms with Gasteiger partial charge in [0, 0.05) is 6.61 Å². The molecule has 16 nitrogen and oxygen atoms in total. The van der Waals surface area contributed by atoms with E-state index in [4.69, 9.17) is 5.11 Å². The molecule has 6 aromatic heterocycles. The molecule has 20 heteroatoms. The van der Waals surface area contributed by atoms with Gasteiger partial charge in [-0.2, -0.15) is 0 Å². The number of aromatic carboxylic acids is 3. The first-order valence-corrected chi connectivity index (χ1v) is 19.3. The first-order chi connectivity index (χ1) is 27.6. The molecule has 3 aromatic carbocycles. The minimum Gasteiger partial charge on any atom is -0.543 e. The number of hydrogen-bond acceptors (Lipinski definition) is 16. The summed E-state index contributed by atoms with van der Waals surface area (Å²) < 4.78 is 3.15. The molecule has 0 radical (unpaired) electrons. The maximum Gasteiger partial charge on any atom is 3.00 e. The number of aromatic nitrogens is 6. The Morgan fingerprint density at radius 1 is 0.459 bits per heavy atom. The molecular weight excluding hydrogens is 992 g/mol.